The van der Waals surface area contributed by atoms with E-state index in [-0.39, 0.29) is 6.42 Å². The fourth-order valence-electron chi connectivity index (χ4n) is 3.54. The standard InChI is InChI=1S/C22H28O10/c1-12(23)29-18-17(10-15-6-8-16(9-7-15)11-27-4)32-21(22(26)28-5)20(31-14(3)25)19(18)30-13(2)24/h6-9,17-21H,10-11H2,1-5H3/t17-,18?,19+,20-,21?/m0/s1. The lowest BCUT2D eigenvalue weighted by atomic mass is 9.90. The van der Waals surface area contributed by atoms with Crippen LogP contribution >= 0.6 is 0 Å². The molecule has 1 aliphatic heterocycles. The lowest BCUT2D eigenvalue weighted by molar-refractivity contribution is -0.248. The molecule has 0 saturated carbocycles. The van der Waals surface area contributed by atoms with Gasteiger partial charge in [-0.05, 0) is 11.1 Å². The highest BCUT2D eigenvalue weighted by Gasteiger charge is 2.54. The number of methoxy groups -OCH3 is 2. The average molecular weight is 452 g/mol. The third-order valence-electron chi connectivity index (χ3n) is 4.74. The molecule has 1 heterocycles. The molecule has 1 saturated heterocycles. The van der Waals surface area contributed by atoms with Gasteiger partial charge in [-0.3, -0.25) is 14.4 Å². The Morgan fingerprint density at radius 2 is 1.28 bits per heavy atom. The van der Waals surface area contributed by atoms with E-state index in [1.54, 1.807) is 7.11 Å². The monoisotopic (exact) mass is 452 g/mol. The molecule has 1 aromatic carbocycles. The minimum absolute atomic E-state index is 0.212. The van der Waals surface area contributed by atoms with Crippen LogP contribution in [0.1, 0.15) is 31.9 Å². The topological polar surface area (TPSA) is 124 Å². The van der Waals surface area contributed by atoms with Crippen molar-refractivity contribution in [1.29, 1.82) is 0 Å². The Labute approximate surface area is 186 Å². The Balaban J connectivity index is 2.44. The molecule has 10 heteroatoms. The number of carbonyl (C=O) groups excluding carboxylic acids is 4. The predicted molar refractivity (Wildman–Crippen MR) is 108 cm³/mol. The third-order valence-corrected chi connectivity index (χ3v) is 4.74. The highest BCUT2D eigenvalue weighted by Crippen LogP contribution is 2.31. The maximum absolute atomic E-state index is 12.4. The van der Waals surface area contributed by atoms with E-state index in [1.807, 2.05) is 24.3 Å². The van der Waals surface area contributed by atoms with Crippen LogP contribution in [0, 0.1) is 0 Å². The number of hydrogen-bond donors (Lipinski definition) is 0. The van der Waals surface area contributed by atoms with Crippen LogP contribution in [0.5, 0.6) is 0 Å². The number of esters is 4. The van der Waals surface area contributed by atoms with Crippen molar-refractivity contribution in [2.24, 2.45) is 0 Å². The van der Waals surface area contributed by atoms with Crippen LogP contribution in [0.2, 0.25) is 0 Å². The molecule has 1 fully saturated rings. The van der Waals surface area contributed by atoms with Crippen LogP contribution in [0.4, 0.5) is 0 Å². The second kappa shape index (κ2) is 11.6. The van der Waals surface area contributed by atoms with Crippen LogP contribution in [0.15, 0.2) is 24.3 Å². The lowest BCUT2D eigenvalue weighted by Crippen LogP contribution is -2.63. The highest BCUT2D eigenvalue weighted by molar-refractivity contribution is 5.77. The number of hydrogen-bond acceptors (Lipinski definition) is 10. The van der Waals surface area contributed by atoms with Gasteiger partial charge in [0.05, 0.1) is 13.7 Å². The van der Waals surface area contributed by atoms with Gasteiger partial charge in [-0.15, -0.1) is 0 Å². The van der Waals surface area contributed by atoms with Gasteiger partial charge in [-0.25, -0.2) is 4.79 Å². The van der Waals surface area contributed by atoms with Crippen LogP contribution in [0.25, 0.3) is 0 Å². The van der Waals surface area contributed by atoms with Gasteiger partial charge in [0.15, 0.2) is 24.4 Å². The van der Waals surface area contributed by atoms with E-state index in [2.05, 4.69) is 0 Å². The number of ether oxygens (including phenoxy) is 6. The first-order valence-corrected chi connectivity index (χ1v) is 9.98. The van der Waals surface area contributed by atoms with Gasteiger partial charge in [0.2, 0.25) is 0 Å². The van der Waals surface area contributed by atoms with Crippen molar-refractivity contribution >= 4 is 23.9 Å². The molecule has 2 unspecified atom stereocenters. The SMILES string of the molecule is COCc1ccc(C[C@@H]2OC(C(=O)OC)[C@@H](OC(C)=O)[C@H](OC(C)=O)C2OC(C)=O)cc1. The van der Waals surface area contributed by atoms with Crippen LogP contribution in [0.3, 0.4) is 0 Å². The zero-order valence-electron chi connectivity index (χ0n) is 18.7. The number of carbonyl (C=O) groups is 4. The minimum atomic E-state index is -1.39. The van der Waals surface area contributed by atoms with Gasteiger partial charge >= 0.3 is 23.9 Å². The molecule has 1 aliphatic rings. The molecule has 5 atom stereocenters. The molecule has 0 amide bonds. The lowest BCUT2D eigenvalue weighted by Gasteiger charge is -2.43. The zero-order chi connectivity index (χ0) is 23.8. The third kappa shape index (κ3) is 6.76. The fraction of sp³-hybridized carbons (Fsp3) is 0.545. The Morgan fingerprint density at radius 3 is 1.78 bits per heavy atom. The second-order valence-corrected chi connectivity index (χ2v) is 7.29. The Hall–Kier alpha value is -2.98. The molecule has 0 aromatic heterocycles. The van der Waals surface area contributed by atoms with E-state index in [0.29, 0.717) is 6.61 Å². The zero-order valence-corrected chi connectivity index (χ0v) is 18.7. The molecule has 0 aliphatic carbocycles. The van der Waals surface area contributed by atoms with Crippen molar-refractivity contribution in [3.8, 4) is 0 Å². The molecule has 32 heavy (non-hydrogen) atoms. The first-order valence-electron chi connectivity index (χ1n) is 9.98. The second-order valence-electron chi connectivity index (χ2n) is 7.29. The summed E-state index contributed by atoms with van der Waals surface area (Å²) in [6.45, 7) is 3.92. The van der Waals surface area contributed by atoms with Crippen molar-refractivity contribution in [2.75, 3.05) is 14.2 Å². The van der Waals surface area contributed by atoms with Crippen LogP contribution < -0.4 is 0 Å². The smallest absolute Gasteiger partial charge is 0.339 e. The molecule has 0 radical (unpaired) electrons. The van der Waals surface area contributed by atoms with Crippen LogP contribution in [-0.4, -0.2) is 68.6 Å². The van der Waals surface area contributed by atoms with E-state index in [9.17, 15) is 19.2 Å². The summed E-state index contributed by atoms with van der Waals surface area (Å²) in [7, 11) is 2.74. The average Bonchev–Trinajstić information content (AvgIpc) is 2.72. The number of rotatable bonds is 8. The maximum Gasteiger partial charge on any atom is 0.339 e. The molecule has 0 bridgehead atoms. The summed E-state index contributed by atoms with van der Waals surface area (Å²) in [6.07, 6.45) is -5.86. The molecule has 2 rings (SSSR count). The summed E-state index contributed by atoms with van der Waals surface area (Å²) >= 11 is 0. The largest absolute Gasteiger partial charge is 0.467 e. The quantitative estimate of drug-likeness (QED) is 0.418. The van der Waals surface area contributed by atoms with Crippen molar-refractivity contribution in [3.63, 3.8) is 0 Å². The van der Waals surface area contributed by atoms with Gasteiger partial charge in [0, 0.05) is 34.3 Å². The number of benzene rings is 1. The van der Waals surface area contributed by atoms with Gasteiger partial charge in [-0.2, -0.15) is 0 Å². The van der Waals surface area contributed by atoms with Crippen molar-refractivity contribution in [3.05, 3.63) is 35.4 Å². The Morgan fingerprint density at radius 1 is 0.781 bits per heavy atom. The van der Waals surface area contributed by atoms with E-state index in [0.717, 1.165) is 32.1 Å². The molecular formula is C22H28O10. The van der Waals surface area contributed by atoms with E-state index >= 15 is 0 Å². The molecule has 10 nitrogen and oxygen atoms in total. The van der Waals surface area contributed by atoms with Gasteiger partial charge in [0.25, 0.3) is 0 Å². The normalized spacial score (nSPS) is 24.8. The minimum Gasteiger partial charge on any atom is -0.467 e. The summed E-state index contributed by atoms with van der Waals surface area (Å²) in [5.74, 6) is -2.93. The van der Waals surface area contributed by atoms with Crippen molar-refractivity contribution < 1.29 is 47.6 Å². The summed E-state index contributed by atoms with van der Waals surface area (Å²) < 4.78 is 31.8. The maximum atomic E-state index is 12.4. The van der Waals surface area contributed by atoms with Gasteiger partial charge in [-0.1, -0.05) is 24.3 Å². The molecule has 0 N–H and O–H groups in total. The summed E-state index contributed by atoms with van der Waals surface area (Å²) in [5.41, 5.74) is 1.76. The Bertz CT molecular complexity index is 819. The van der Waals surface area contributed by atoms with Crippen molar-refractivity contribution in [2.45, 2.75) is 64.3 Å². The van der Waals surface area contributed by atoms with Crippen LogP contribution in [-0.2, 0) is 60.6 Å². The molecule has 0 spiro atoms. The van der Waals surface area contributed by atoms with Gasteiger partial charge < -0.3 is 28.4 Å². The first kappa shape index (κ1) is 25.3. The van der Waals surface area contributed by atoms with E-state index < -0.39 is 54.4 Å². The summed E-state index contributed by atoms with van der Waals surface area (Å²) in [5, 5.41) is 0. The molecular weight excluding hydrogens is 424 g/mol. The van der Waals surface area contributed by atoms with E-state index in [1.165, 1.54) is 6.92 Å². The highest BCUT2D eigenvalue weighted by atomic mass is 16.7. The summed E-state index contributed by atoms with van der Waals surface area (Å²) in [6, 6.07) is 7.42. The predicted octanol–water partition coefficient (Wildman–Crippen LogP) is 1.11. The Kier molecular flexibility index (Phi) is 9.15. The van der Waals surface area contributed by atoms with Crippen molar-refractivity contribution in [1.82, 2.24) is 0 Å². The fourth-order valence-corrected chi connectivity index (χ4v) is 3.54. The first-order chi connectivity index (χ1) is 15.2. The van der Waals surface area contributed by atoms with Gasteiger partial charge in [0.1, 0.15) is 6.10 Å². The molecule has 176 valence electrons. The summed E-state index contributed by atoms with van der Waals surface area (Å²) in [4.78, 5) is 47.8. The molecule has 1 aromatic rings. The van der Waals surface area contributed by atoms with E-state index in [4.69, 9.17) is 28.4 Å².